The Morgan fingerprint density at radius 2 is 1.83 bits per heavy atom. The van der Waals surface area contributed by atoms with Gasteiger partial charge in [0.15, 0.2) is 0 Å². The third-order valence-corrected chi connectivity index (χ3v) is 6.54. The van der Waals surface area contributed by atoms with Crippen molar-refractivity contribution in [3.05, 3.63) is 118 Å². The normalized spacial score (nSPS) is 10.9. The molecule has 0 radical (unpaired) electrons. The molecule has 0 spiro atoms. The second kappa shape index (κ2) is 10.6. The van der Waals surface area contributed by atoms with E-state index in [4.69, 9.17) is 14.3 Å². The Bertz CT molecular complexity index is 1410. The summed E-state index contributed by atoms with van der Waals surface area (Å²) in [5.74, 6) is 1.34. The Hall–Kier alpha value is -4.17. The predicted octanol–water partition coefficient (Wildman–Crippen LogP) is 6.86. The third-order valence-electron chi connectivity index (χ3n) is 5.68. The molecule has 5 rings (SSSR count). The first-order valence-electron chi connectivity index (χ1n) is 11.6. The van der Waals surface area contributed by atoms with E-state index in [2.05, 4.69) is 0 Å². The van der Waals surface area contributed by atoms with Crippen LogP contribution in [0.4, 0.5) is 4.39 Å². The fourth-order valence-corrected chi connectivity index (χ4v) is 4.61. The van der Waals surface area contributed by atoms with E-state index >= 15 is 0 Å². The summed E-state index contributed by atoms with van der Waals surface area (Å²) in [6, 6.07) is 22.8. The second-order valence-corrected chi connectivity index (χ2v) is 9.05. The maximum Gasteiger partial charge on any atom is 0.264 e. The van der Waals surface area contributed by atoms with E-state index in [1.807, 2.05) is 60.8 Å². The van der Waals surface area contributed by atoms with Crippen LogP contribution < -0.4 is 4.74 Å². The van der Waals surface area contributed by atoms with Crippen LogP contribution in [-0.4, -0.2) is 20.6 Å². The van der Waals surface area contributed by atoms with Gasteiger partial charge in [0.2, 0.25) is 5.88 Å². The maximum absolute atomic E-state index is 13.7. The lowest BCUT2D eigenvalue weighted by molar-refractivity contribution is 0.0721. The lowest BCUT2D eigenvalue weighted by Crippen LogP contribution is -2.29. The summed E-state index contributed by atoms with van der Waals surface area (Å²) in [7, 11) is 0. The summed E-state index contributed by atoms with van der Waals surface area (Å²) >= 11 is 1.39. The van der Waals surface area contributed by atoms with Crippen molar-refractivity contribution in [1.29, 1.82) is 0 Å². The second-order valence-electron chi connectivity index (χ2n) is 8.11. The zero-order chi connectivity index (χ0) is 24.9. The molecule has 1 amide bonds. The van der Waals surface area contributed by atoms with Crippen molar-refractivity contribution in [3.63, 3.8) is 0 Å². The zero-order valence-corrected chi connectivity index (χ0v) is 20.5. The van der Waals surface area contributed by atoms with Crippen LogP contribution in [0.25, 0.3) is 5.69 Å². The molecule has 2 aromatic carbocycles. The number of benzene rings is 2. The highest BCUT2D eigenvalue weighted by molar-refractivity contribution is 7.12. The Morgan fingerprint density at radius 3 is 2.50 bits per heavy atom. The van der Waals surface area contributed by atoms with Crippen LogP contribution >= 0.6 is 11.3 Å². The van der Waals surface area contributed by atoms with Crippen LogP contribution in [0.2, 0.25) is 0 Å². The molecule has 0 fully saturated rings. The van der Waals surface area contributed by atoms with Gasteiger partial charge in [-0.2, -0.15) is 5.10 Å². The van der Waals surface area contributed by atoms with Gasteiger partial charge in [-0.25, -0.2) is 9.07 Å². The summed E-state index contributed by atoms with van der Waals surface area (Å²) in [4.78, 5) is 15.9. The van der Waals surface area contributed by atoms with E-state index in [-0.39, 0.29) is 18.3 Å². The average molecular weight is 502 g/mol. The Labute approximate surface area is 212 Å². The molecule has 8 heteroatoms. The van der Waals surface area contributed by atoms with Crippen molar-refractivity contribution in [3.8, 4) is 17.3 Å². The van der Waals surface area contributed by atoms with Crippen molar-refractivity contribution in [1.82, 2.24) is 14.7 Å². The number of aromatic nitrogens is 2. The fourth-order valence-electron chi connectivity index (χ4n) is 3.92. The first kappa shape index (κ1) is 23.6. The number of hydrogen-bond acceptors (Lipinski definition) is 5. The molecule has 182 valence electrons. The molecule has 0 saturated carbocycles. The molecule has 0 aliphatic carbocycles. The van der Waals surface area contributed by atoms with Gasteiger partial charge in [-0.15, -0.1) is 11.3 Å². The number of aryl methyl sites for hydroxylation is 1. The first-order valence-corrected chi connectivity index (χ1v) is 12.4. The molecule has 0 saturated heterocycles. The van der Waals surface area contributed by atoms with Crippen LogP contribution in [-0.2, 0) is 19.5 Å². The fraction of sp³-hybridized carbons (Fsp3) is 0.143. The van der Waals surface area contributed by atoms with Crippen molar-refractivity contribution < 1.29 is 18.3 Å². The van der Waals surface area contributed by atoms with Gasteiger partial charge < -0.3 is 14.1 Å². The maximum atomic E-state index is 13.7. The summed E-state index contributed by atoms with van der Waals surface area (Å²) in [5, 5.41) is 6.69. The number of halogens is 1. The molecular weight excluding hydrogens is 477 g/mol. The molecule has 3 aromatic heterocycles. The number of amides is 1. The predicted molar refractivity (Wildman–Crippen MR) is 136 cm³/mol. The minimum Gasteiger partial charge on any atom is -0.467 e. The average Bonchev–Trinajstić information content (AvgIpc) is 3.67. The Balaban J connectivity index is 1.59. The molecule has 0 unspecified atom stereocenters. The van der Waals surface area contributed by atoms with Crippen molar-refractivity contribution in [2.45, 2.75) is 26.4 Å². The zero-order valence-electron chi connectivity index (χ0n) is 19.6. The van der Waals surface area contributed by atoms with Crippen LogP contribution in [0.15, 0.2) is 94.9 Å². The highest BCUT2D eigenvalue weighted by Crippen LogP contribution is 2.33. The van der Waals surface area contributed by atoms with Gasteiger partial charge in [0.1, 0.15) is 17.3 Å². The third kappa shape index (κ3) is 5.08. The van der Waals surface area contributed by atoms with Crippen molar-refractivity contribution >= 4 is 17.2 Å². The number of carbonyl (C=O) groups excluding carboxylic acids is 1. The summed E-state index contributed by atoms with van der Waals surface area (Å²) in [6.45, 7) is 2.55. The van der Waals surface area contributed by atoms with Gasteiger partial charge in [-0.3, -0.25) is 4.79 Å². The molecular formula is C28H24FN3O3S. The summed E-state index contributed by atoms with van der Waals surface area (Å²) in [6.07, 6.45) is 2.22. The summed E-state index contributed by atoms with van der Waals surface area (Å²) < 4.78 is 27.3. The quantitative estimate of drug-likeness (QED) is 0.221. The lowest BCUT2D eigenvalue weighted by atomic mass is 10.1. The number of furan rings is 1. The molecule has 3 heterocycles. The van der Waals surface area contributed by atoms with Gasteiger partial charge in [0.25, 0.3) is 5.91 Å². The number of nitrogens with zero attached hydrogens (tertiary/aromatic N) is 3. The van der Waals surface area contributed by atoms with E-state index in [9.17, 15) is 9.18 Å². The SMILES string of the molecule is CCc1nn(-c2ccc(F)cc2)c(Oc2ccccc2)c1CN(Cc1ccco1)C(=O)c1cccs1. The Kier molecular flexibility index (Phi) is 6.95. The van der Waals surface area contributed by atoms with Crippen molar-refractivity contribution in [2.24, 2.45) is 0 Å². The molecule has 0 N–H and O–H groups in total. The van der Waals surface area contributed by atoms with Crippen molar-refractivity contribution in [2.75, 3.05) is 0 Å². The standard InChI is InChI=1S/C28H24FN3O3S/c1-2-25-24(19-31(18-23-10-6-16-34-23)27(33)26-11-7-17-36-26)28(35-22-8-4-3-5-9-22)32(30-25)21-14-12-20(29)13-15-21/h3-17H,2,18-19H2,1H3. The van der Waals surface area contributed by atoms with Gasteiger partial charge >= 0.3 is 0 Å². The Morgan fingerprint density at radius 1 is 1.03 bits per heavy atom. The molecule has 0 atom stereocenters. The van der Waals surface area contributed by atoms with Crippen LogP contribution in [0.3, 0.4) is 0 Å². The smallest absolute Gasteiger partial charge is 0.264 e. The minimum absolute atomic E-state index is 0.108. The number of rotatable bonds is 9. The summed E-state index contributed by atoms with van der Waals surface area (Å²) in [5.41, 5.74) is 2.22. The van der Waals surface area contributed by atoms with Gasteiger partial charge in [-0.05, 0) is 66.4 Å². The van der Waals surface area contributed by atoms with Crippen LogP contribution in [0.1, 0.15) is 33.6 Å². The molecule has 36 heavy (non-hydrogen) atoms. The van der Waals surface area contributed by atoms with Gasteiger partial charge in [-0.1, -0.05) is 31.2 Å². The molecule has 0 bridgehead atoms. The largest absolute Gasteiger partial charge is 0.467 e. The highest BCUT2D eigenvalue weighted by Gasteiger charge is 2.26. The van der Waals surface area contributed by atoms with E-state index in [0.29, 0.717) is 40.9 Å². The number of ether oxygens (including phenoxy) is 1. The van der Waals surface area contributed by atoms with E-state index < -0.39 is 0 Å². The number of para-hydroxylation sites is 1. The highest BCUT2D eigenvalue weighted by atomic mass is 32.1. The minimum atomic E-state index is -0.335. The monoisotopic (exact) mass is 501 g/mol. The van der Waals surface area contributed by atoms with E-state index in [1.165, 1.54) is 23.5 Å². The van der Waals surface area contributed by atoms with E-state index in [1.54, 1.807) is 34.0 Å². The van der Waals surface area contributed by atoms with E-state index in [0.717, 1.165) is 11.3 Å². The number of hydrogen-bond donors (Lipinski definition) is 0. The number of carbonyl (C=O) groups is 1. The molecule has 0 aliphatic heterocycles. The number of thiophene rings is 1. The first-order chi connectivity index (χ1) is 17.6. The van der Waals surface area contributed by atoms with Gasteiger partial charge in [0, 0.05) is 0 Å². The molecule has 6 nitrogen and oxygen atoms in total. The topological polar surface area (TPSA) is 60.5 Å². The lowest BCUT2D eigenvalue weighted by Gasteiger charge is -2.22. The van der Waals surface area contributed by atoms with Crippen LogP contribution in [0, 0.1) is 5.82 Å². The molecule has 0 aliphatic rings. The van der Waals surface area contributed by atoms with Gasteiger partial charge in [0.05, 0.1) is 41.2 Å². The molecule has 5 aromatic rings. The van der Waals surface area contributed by atoms with Crippen LogP contribution in [0.5, 0.6) is 11.6 Å².